The molecule has 1 heterocycles. The molecule has 0 spiro atoms. The molecule has 0 saturated carbocycles. The number of rotatable bonds is 5. The number of ketones is 1. The van der Waals surface area contributed by atoms with Crippen LogP contribution in [0.3, 0.4) is 0 Å². The molecule has 6 nitrogen and oxygen atoms in total. The Hall–Kier alpha value is -4.06. The zero-order valence-electron chi connectivity index (χ0n) is 19.8. The lowest BCUT2D eigenvalue weighted by Crippen LogP contribution is -2.39. The summed E-state index contributed by atoms with van der Waals surface area (Å²) >= 11 is 0. The number of benzene rings is 3. The van der Waals surface area contributed by atoms with Crippen LogP contribution in [0.4, 0.5) is 11.4 Å². The molecule has 3 aromatic rings. The molecule has 0 bridgehead atoms. The van der Waals surface area contributed by atoms with Crippen LogP contribution in [0.5, 0.6) is 5.75 Å². The smallest absolute Gasteiger partial charge is 0.316 e. The number of carbonyl (C=O) groups excluding carboxylic acids is 2. The van der Waals surface area contributed by atoms with E-state index in [9.17, 15) is 9.59 Å². The second-order valence-electron chi connectivity index (χ2n) is 9.03. The Morgan fingerprint density at radius 1 is 0.971 bits per heavy atom. The standard InChI is InChI=1S/C29H28N2O4/c1-18-15-24-26(28(32)25(18)29(33)34-2)27(31-23-14-7-6-13-22(23)30-24)20-11-8-12-21(16-20)35-17-19-9-4-3-5-10-19/h3-14,16,18,25,27,30-31H,15,17H2,1-2H3/t18-,25-,27+/m0/s1. The van der Waals surface area contributed by atoms with Crippen molar-refractivity contribution in [3.05, 3.63) is 101 Å². The number of para-hydroxylation sites is 2. The van der Waals surface area contributed by atoms with Crippen LogP contribution in [0.25, 0.3) is 0 Å². The SMILES string of the molecule is COC(=O)[C@@H]1C(=O)C2=C(C[C@@H]1C)Nc1ccccc1N[C@@H]2c1cccc(OCc2ccccc2)c1. The van der Waals surface area contributed by atoms with Crippen LogP contribution in [0.15, 0.2) is 90.1 Å². The second-order valence-corrected chi connectivity index (χ2v) is 9.03. The molecule has 0 radical (unpaired) electrons. The number of esters is 1. The first kappa shape index (κ1) is 22.7. The van der Waals surface area contributed by atoms with Gasteiger partial charge in [-0.2, -0.15) is 0 Å². The van der Waals surface area contributed by atoms with E-state index >= 15 is 0 Å². The maximum Gasteiger partial charge on any atom is 0.316 e. The average molecular weight is 469 g/mol. The predicted molar refractivity (Wildman–Crippen MR) is 135 cm³/mol. The van der Waals surface area contributed by atoms with Crippen molar-refractivity contribution in [2.45, 2.75) is 26.0 Å². The first-order chi connectivity index (χ1) is 17.0. The molecule has 2 aliphatic rings. The fourth-order valence-corrected chi connectivity index (χ4v) is 4.91. The van der Waals surface area contributed by atoms with Crippen molar-refractivity contribution < 1.29 is 19.1 Å². The normalized spacial score (nSPS) is 21.1. The average Bonchev–Trinajstić information content (AvgIpc) is 3.05. The molecule has 35 heavy (non-hydrogen) atoms. The van der Waals surface area contributed by atoms with Crippen molar-refractivity contribution in [2.24, 2.45) is 11.8 Å². The van der Waals surface area contributed by atoms with Crippen LogP contribution in [-0.4, -0.2) is 18.9 Å². The number of hydrogen-bond donors (Lipinski definition) is 2. The van der Waals surface area contributed by atoms with Gasteiger partial charge in [0.05, 0.1) is 24.5 Å². The van der Waals surface area contributed by atoms with Gasteiger partial charge in [0.25, 0.3) is 0 Å². The first-order valence-corrected chi connectivity index (χ1v) is 11.8. The number of fused-ring (bicyclic) bond motifs is 1. The number of ether oxygens (including phenoxy) is 2. The Bertz CT molecular complexity index is 1280. The molecule has 3 atom stereocenters. The Morgan fingerprint density at radius 3 is 2.49 bits per heavy atom. The largest absolute Gasteiger partial charge is 0.489 e. The highest BCUT2D eigenvalue weighted by molar-refractivity contribution is 6.11. The highest BCUT2D eigenvalue weighted by Gasteiger charge is 2.44. The van der Waals surface area contributed by atoms with Gasteiger partial charge in [0.15, 0.2) is 5.78 Å². The highest BCUT2D eigenvalue weighted by Crippen LogP contribution is 2.44. The summed E-state index contributed by atoms with van der Waals surface area (Å²) in [7, 11) is 1.33. The minimum absolute atomic E-state index is 0.173. The fraction of sp³-hybridized carbons (Fsp3) is 0.241. The lowest BCUT2D eigenvalue weighted by Gasteiger charge is -2.32. The van der Waals surface area contributed by atoms with E-state index in [0.717, 1.165) is 28.2 Å². The van der Waals surface area contributed by atoms with E-state index in [1.165, 1.54) is 7.11 Å². The van der Waals surface area contributed by atoms with Crippen molar-refractivity contribution in [3.8, 4) is 5.75 Å². The fourth-order valence-electron chi connectivity index (χ4n) is 4.91. The molecule has 1 aliphatic carbocycles. The maximum atomic E-state index is 13.8. The second kappa shape index (κ2) is 9.66. The molecule has 0 aromatic heterocycles. The third-order valence-electron chi connectivity index (χ3n) is 6.66. The Labute approximate surface area is 205 Å². The molecule has 0 fully saturated rings. The van der Waals surface area contributed by atoms with Gasteiger partial charge < -0.3 is 20.1 Å². The monoisotopic (exact) mass is 468 g/mol. The molecular formula is C29H28N2O4. The van der Waals surface area contributed by atoms with Gasteiger partial charge in [-0.15, -0.1) is 0 Å². The number of carbonyl (C=O) groups is 2. The quantitative estimate of drug-likeness (QED) is 0.381. The van der Waals surface area contributed by atoms with Gasteiger partial charge in [0.2, 0.25) is 0 Å². The van der Waals surface area contributed by atoms with Crippen LogP contribution in [0.1, 0.15) is 30.5 Å². The summed E-state index contributed by atoms with van der Waals surface area (Å²) in [5.74, 6) is -0.994. The lowest BCUT2D eigenvalue weighted by molar-refractivity contribution is -0.151. The molecule has 6 heteroatoms. The van der Waals surface area contributed by atoms with Crippen LogP contribution in [0, 0.1) is 11.8 Å². The van der Waals surface area contributed by atoms with Gasteiger partial charge in [-0.25, -0.2) is 0 Å². The van der Waals surface area contributed by atoms with Crippen LogP contribution >= 0.6 is 0 Å². The molecule has 2 N–H and O–H groups in total. The van der Waals surface area contributed by atoms with Gasteiger partial charge in [-0.05, 0) is 47.7 Å². The topological polar surface area (TPSA) is 76.7 Å². The Kier molecular flexibility index (Phi) is 6.27. The zero-order chi connectivity index (χ0) is 24.4. The zero-order valence-corrected chi connectivity index (χ0v) is 19.8. The number of Topliss-reactive ketones (excluding diaryl/α,β-unsaturated/α-hetero) is 1. The first-order valence-electron chi connectivity index (χ1n) is 11.8. The van der Waals surface area contributed by atoms with Crippen molar-refractivity contribution in [3.63, 3.8) is 0 Å². The summed E-state index contributed by atoms with van der Waals surface area (Å²) in [5, 5.41) is 7.02. The number of allylic oxidation sites excluding steroid dienone is 1. The third kappa shape index (κ3) is 4.52. The van der Waals surface area contributed by atoms with Gasteiger partial charge in [0, 0.05) is 11.3 Å². The number of anilines is 2. The van der Waals surface area contributed by atoms with Gasteiger partial charge in [-0.3, -0.25) is 9.59 Å². The molecule has 0 amide bonds. The highest BCUT2D eigenvalue weighted by atomic mass is 16.5. The van der Waals surface area contributed by atoms with Crippen LogP contribution < -0.4 is 15.4 Å². The maximum absolute atomic E-state index is 13.8. The summed E-state index contributed by atoms with van der Waals surface area (Å²) in [6.07, 6.45) is 0.567. The van der Waals surface area contributed by atoms with E-state index in [-0.39, 0.29) is 11.7 Å². The summed E-state index contributed by atoms with van der Waals surface area (Å²) in [4.78, 5) is 26.3. The van der Waals surface area contributed by atoms with Gasteiger partial charge in [-0.1, -0.05) is 61.5 Å². The van der Waals surface area contributed by atoms with Crippen molar-refractivity contribution >= 4 is 23.1 Å². The van der Waals surface area contributed by atoms with Crippen molar-refractivity contribution in [2.75, 3.05) is 17.7 Å². The van der Waals surface area contributed by atoms with Crippen molar-refractivity contribution in [1.82, 2.24) is 0 Å². The number of methoxy groups -OCH3 is 1. The molecule has 178 valence electrons. The molecule has 0 saturated heterocycles. The summed E-state index contributed by atoms with van der Waals surface area (Å²) in [5.41, 5.74) is 5.14. The van der Waals surface area contributed by atoms with Gasteiger partial charge >= 0.3 is 5.97 Å². The number of hydrogen-bond acceptors (Lipinski definition) is 6. The molecule has 5 rings (SSSR count). The van der Waals surface area contributed by atoms with E-state index < -0.39 is 17.9 Å². The van der Waals surface area contributed by atoms with E-state index in [1.807, 2.05) is 85.8 Å². The van der Waals surface area contributed by atoms with Crippen LogP contribution in [0.2, 0.25) is 0 Å². The van der Waals surface area contributed by atoms with E-state index in [4.69, 9.17) is 9.47 Å². The Balaban J connectivity index is 1.54. The minimum atomic E-state index is -0.830. The Morgan fingerprint density at radius 2 is 1.71 bits per heavy atom. The van der Waals surface area contributed by atoms with Crippen LogP contribution in [-0.2, 0) is 20.9 Å². The predicted octanol–water partition coefficient (Wildman–Crippen LogP) is 5.50. The van der Waals surface area contributed by atoms with E-state index in [0.29, 0.717) is 24.4 Å². The molecular weight excluding hydrogens is 440 g/mol. The molecule has 3 aromatic carbocycles. The summed E-state index contributed by atoms with van der Waals surface area (Å²) in [6, 6.07) is 25.2. The van der Waals surface area contributed by atoms with Crippen molar-refractivity contribution in [1.29, 1.82) is 0 Å². The summed E-state index contributed by atoms with van der Waals surface area (Å²) < 4.78 is 11.1. The summed E-state index contributed by atoms with van der Waals surface area (Å²) in [6.45, 7) is 2.36. The number of nitrogens with one attached hydrogen (secondary N) is 2. The van der Waals surface area contributed by atoms with Gasteiger partial charge in [0.1, 0.15) is 18.3 Å². The lowest BCUT2D eigenvalue weighted by atomic mass is 9.75. The van der Waals surface area contributed by atoms with E-state index in [2.05, 4.69) is 10.6 Å². The minimum Gasteiger partial charge on any atom is -0.489 e. The molecule has 0 unspecified atom stereocenters. The third-order valence-corrected chi connectivity index (χ3v) is 6.66. The van der Waals surface area contributed by atoms with E-state index in [1.54, 1.807) is 0 Å². The molecule has 1 aliphatic heterocycles.